The number of methoxy groups -OCH3 is 1. The summed E-state index contributed by atoms with van der Waals surface area (Å²) in [5.74, 6) is -6.28. The lowest BCUT2D eigenvalue weighted by Gasteiger charge is -2.30. The molecule has 2 aromatic carbocycles. The van der Waals surface area contributed by atoms with Gasteiger partial charge < -0.3 is 46.6 Å². The van der Waals surface area contributed by atoms with Crippen LogP contribution >= 0.6 is 68.0 Å². The number of rotatable bonds is 14. The summed E-state index contributed by atoms with van der Waals surface area (Å²) < 4.78 is 5.46. The maximum atomic E-state index is 14.6. The van der Waals surface area contributed by atoms with Gasteiger partial charge in [-0.25, -0.2) is 39.7 Å². The normalized spacial score (nSPS) is 18.3. The van der Waals surface area contributed by atoms with Crippen molar-refractivity contribution in [2.24, 2.45) is 17.8 Å². The molecule has 0 saturated heterocycles. The molecule has 0 spiro atoms. The molecule has 10 bridgehead atoms. The van der Waals surface area contributed by atoms with Gasteiger partial charge in [-0.15, -0.1) is 68.0 Å². The minimum absolute atomic E-state index is 0.00655. The highest BCUT2D eigenvalue weighted by molar-refractivity contribution is 7.15. The second-order valence-electron chi connectivity index (χ2n) is 22.5. The fraction of sp³-hybridized carbons (Fsp3) is 0.317. The average molecular weight is 1380 g/mol. The number of carbonyl (C=O) groups is 8. The number of thiazole rings is 6. The number of aromatic nitrogens is 7. The number of aryl methyl sites for hydroxylation is 1. The smallest absolute Gasteiger partial charge is 0.335 e. The zero-order chi connectivity index (χ0) is 66.5. The molecule has 0 radical (unpaired) electrons. The van der Waals surface area contributed by atoms with Crippen LogP contribution in [0.25, 0.3) is 43.4 Å². The molecule has 1 unspecified atom stereocenters. The van der Waals surface area contributed by atoms with Crippen molar-refractivity contribution in [3.05, 3.63) is 147 Å². The van der Waals surface area contributed by atoms with E-state index in [1.807, 2.05) is 13.8 Å². The van der Waals surface area contributed by atoms with Crippen molar-refractivity contribution in [2.75, 3.05) is 25.6 Å². The van der Waals surface area contributed by atoms with E-state index in [1.54, 1.807) is 83.0 Å². The SMILES string of the molecule is CNC(=O)C[C@@H]1NC(=O)c2csc(n2)-c2ccc(-c3nc(N(Cc4ccc(C(=O)O)cc4)C(=O)C4CCC(C(=O)O)CC4)cs3)nc2-c2csc(n2)-c2csc(n2)[C@H]([C@@H](O)c2ccccc2)NC(=O)CNC(=O)c2nc(sc2COC)C(C(C)C)NC(=O)c2nc1sc2C. The van der Waals surface area contributed by atoms with Crippen molar-refractivity contribution in [1.82, 2.24) is 61.5 Å². The van der Waals surface area contributed by atoms with Crippen LogP contribution in [0.5, 0.6) is 0 Å². The Morgan fingerprint density at radius 3 is 2.05 bits per heavy atom. The van der Waals surface area contributed by atoms with Crippen LogP contribution in [-0.4, -0.2) is 118 Å². The highest BCUT2D eigenvalue weighted by Gasteiger charge is 2.36. The van der Waals surface area contributed by atoms with Crippen LogP contribution in [0, 0.1) is 24.7 Å². The monoisotopic (exact) mass is 1380 g/mol. The number of carboxylic acids is 2. The second-order valence-corrected chi connectivity index (χ2v) is 28.3. The Morgan fingerprint density at radius 1 is 0.660 bits per heavy atom. The molecule has 9 aromatic rings. The topological polar surface area (TPSA) is 360 Å². The number of carbonyl (C=O) groups excluding carboxylic acids is 6. The second kappa shape index (κ2) is 29.1. The van der Waals surface area contributed by atoms with E-state index >= 15 is 0 Å². The number of aliphatic hydroxyl groups excluding tert-OH is 1. The van der Waals surface area contributed by atoms with Gasteiger partial charge in [0.2, 0.25) is 17.7 Å². The first-order valence-electron chi connectivity index (χ1n) is 29.5. The Bertz CT molecular complexity index is 4320. The molecular formula is C63H61N13O12S6. The number of nitrogens with zero attached hydrogens (tertiary/aromatic N) is 8. The van der Waals surface area contributed by atoms with Crippen molar-refractivity contribution in [3.8, 4) is 43.4 Å². The lowest BCUT2D eigenvalue weighted by atomic mass is 9.81. The number of aliphatic hydroxyl groups is 1. The number of anilines is 1. The van der Waals surface area contributed by atoms with Crippen molar-refractivity contribution in [3.63, 3.8) is 0 Å². The van der Waals surface area contributed by atoms with E-state index in [2.05, 4.69) is 26.6 Å². The number of pyridine rings is 1. The fourth-order valence-corrected chi connectivity index (χ4v) is 16.3. The summed E-state index contributed by atoms with van der Waals surface area (Å²) in [4.78, 5) is 145. The van der Waals surface area contributed by atoms with Gasteiger partial charge in [-0.2, -0.15) is 0 Å². The predicted octanol–water partition coefficient (Wildman–Crippen LogP) is 9.43. The van der Waals surface area contributed by atoms with Crippen molar-refractivity contribution < 1.29 is 58.4 Å². The minimum Gasteiger partial charge on any atom is -0.481 e. The van der Waals surface area contributed by atoms with Crippen LogP contribution in [-0.2, 0) is 37.1 Å². The van der Waals surface area contributed by atoms with E-state index in [-0.39, 0.29) is 59.1 Å². The number of aliphatic carboxylic acids is 1. The summed E-state index contributed by atoms with van der Waals surface area (Å²) in [5.41, 5.74) is 3.11. The van der Waals surface area contributed by atoms with Crippen molar-refractivity contribution in [2.45, 2.75) is 90.3 Å². The van der Waals surface area contributed by atoms with Gasteiger partial charge in [0.1, 0.15) is 82.2 Å². The summed E-state index contributed by atoms with van der Waals surface area (Å²) in [7, 11) is 2.92. The molecular weight excluding hydrogens is 1320 g/mol. The number of benzene rings is 2. The van der Waals surface area contributed by atoms with Crippen LogP contribution in [0.15, 0.2) is 88.3 Å². The van der Waals surface area contributed by atoms with E-state index in [0.29, 0.717) is 106 Å². The largest absolute Gasteiger partial charge is 0.481 e. The molecule has 25 nitrogen and oxygen atoms in total. The molecule has 31 heteroatoms. The third kappa shape index (κ3) is 14.8. The Hall–Kier alpha value is -8.95. The number of aromatic carboxylic acids is 1. The standard InChI is InChI=1S/C63H61N13O12S6/c1-29(2)46-60-75-49(42(94-60)24-88-5)53(81)65-22-45(78)72-50(51(79)32-9-7-6-8-10-32)59-70-41(27-91-59)57-68-39(25-90-57)48-36(55-69-40(26-89-55)52(80)67-38(21-44(77)64-4)58-74-47(30(3)93-58)54(82)73-46)19-20-37(66-48)56-71-43(28-92-56)76(23-31-11-13-34(14-12-31)62(84)85)61(83)33-15-17-35(18-16-33)63(86)87/h6-14,19-20,25-29,33,35,38,46,50-51,79H,15-18,21-24H2,1-5H3,(H,64,77)(H,65,81)(H,67,80)(H,72,78)(H,73,82)(H,84,85)(H,86,87)/t33?,35?,38-,46?,50-,51-/m0/s1. The summed E-state index contributed by atoms with van der Waals surface area (Å²) in [6, 6.07) is 15.5. The number of carboxylic acid groups (broad SMARTS) is 2. The molecule has 486 valence electrons. The average Bonchev–Trinajstić information content (AvgIpc) is 1.60. The number of hydrogen-bond acceptors (Lipinski definition) is 23. The lowest BCUT2D eigenvalue weighted by Crippen LogP contribution is -2.40. The molecule has 1 fully saturated rings. The molecule has 2 aliphatic rings. The highest BCUT2D eigenvalue weighted by Crippen LogP contribution is 2.41. The van der Waals surface area contributed by atoms with Gasteiger partial charge in [0.25, 0.3) is 17.7 Å². The van der Waals surface area contributed by atoms with Crippen LogP contribution in [0.3, 0.4) is 0 Å². The third-order valence-corrected chi connectivity index (χ3v) is 21.5. The first kappa shape index (κ1) is 66.5. The molecule has 8 N–H and O–H groups in total. The van der Waals surface area contributed by atoms with Gasteiger partial charge in [-0.05, 0) is 73.9 Å². The van der Waals surface area contributed by atoms with E-state index in [4.69, 9.17) is 39.6 Å². The number of nitrogens with one attached hydrogen (secondary N) is 5. The summed E-state index contributed by atoms with van der Waals surface area (Å²) in [5, 5.41) is 54.4. The lowest BCUT2D eigenvalue weighted by molar-refractivity contribution is -0.144. The molecule has 1 saturated carbocycles. The highest BCUT2D eigenvalue weighted by atomic mass is 32.1. The quantitative estimate of drug-likeness (QED) is 0.0502. The summed E-state index contributed by atoms with van der Waals surface area (Å²) in [6.07, 6.45) is -0.183. The fourth-order valence-electron chi connectivity index (χ4n) is 10.7. The summed E-state index contributed by atoms with van der Waals surface area (Å²) >= 11 is 7.06. The maximum absolute atomic E-state index is 14.6. The number of hydrogen-bond donors (Lipinski definition) is 8. The van der Waals surface area contributed by atoms with Crippen LogP contribution < -0.4 is 31.5 Å². The first-order chi connectivity index (χ1) is 45.2. The van der Waals surface area contributed by atoms with Gasteiger partial charge in [0.15, 0.2) is 0 Å². The zero-order valence-corrected chi connectivity index (χ0v) is 55.8. The predicted molar refractivity (Wildman–Crippen MR) is 355 cm³/mol. The first-order valence-corrected chi connectivity index (χ1v) is 34.7. The van der Waals surface area contributed by atoms with Crippen molar-refractivity contribution in [1.29, 1.82) is 0 Å². The maximum Gasteiger partial charge on any atom is 0.335 e. The molecule has 1 aliphatic carbocycles. The summed E-state index contributed by atoms with van der Waals surface area (Å²) in [6.45, 7) is 4.93. The molecule has 11 rings (SSSR count). The van der Waals surface area contributed by atoms with Crippen LogP contribution in [0.4, 0.5) is 5.82 Å². The third-order valence-electron chi connectivity index (χ3n) is 15.7. The minimum atomic E-state index is -1.31. The van der Waals surface area contributed by atoms with E-state index in [9.17, 15) is 53.7 Å². The number of ether oxygens (including phenoxy) is 1. The van der Waals surface area contributed by atoms with Gasteiger partial charge in [0.05, 0.1) is 60.3 Å². The zero-order valence-electron chi connectivity index (χ0n) is 50.9. The molecule has 1 aliphatic heterocycles. The molecule has 4 atom stereocenters. The van der Waals surface area contributed by atoms with Gasteiger partial charge >= 0.3 is 11.9 Å². The van der Waals surface area contributed by atoms with Gasteiger partial charge in [-0.1, -0.05) is 56.3 Å². The van der Waals surface area contributed by atoms with E-state index in [0.717, 1.165) is 34.0 Å². The van der Waals surface area contributed by atoms with E-state index < -0.39 is 84.1 Å². The Balaban J connectivity index is 0.988. The Morgan fingerprint density at radius 2 is 1.34 bits per heavy atom. The van der Waals surface area contributed by atoms with Crippen LogP contribution in [0.2, 0.25) is 0 Å². The number of fused-ring (bicyclic) bond motifs is 14. The Labute approximate surface area is 561 Å². The molecule has 7 aromatic heterocycles. The molecule has 94 heavy (non-hydrogen) atoms. The van der Waals surface area contributed by atoms with Gasteiger partial charge in [0, 0.05) is 52.0 Å². The van der Waals surface area contributed by atoms with E-state index in [1.165, 1.54) is 65.2 Å². The molecule has 8 heterocycles. The molecule has 6 amide bonds. The Kier molecular flexibility index (Phi) is 20.6. The number of amides is 6. The van der Waals surface area contributed by atoms with Gasteiger partial charge in [-0.3, -0.25) is 38.5 Å². The van der Waals surface area contributed by atoms with Crippen LogP contribution in [0.1, 0.15) is 148 Å². The van der Waals surface area contributed by atoms with Crippen molar-refractivity contribution >= 4 is 121 Å².